The van der Waals surface area contributed by atoms with Gasteiger partial charge in [0.2, 0.25) is 0 Å². The smallest absolute Gasteiger partial charge is 0.140 e. The quantitative estimate of drug-likeness (QED) is 0.707. The maximum Gasteiger partial charge on any atom is 0.140 e. The third kappa shape index (κ3) is 2.26. The van der Waals surface area contributed by atoms with Crippen LogP contribution in [0.2, 0.25) is 0 Å². The molecule has 0 aliphatic heterocycles. The second kappa shape index (κ2) is 4.51. The maximum absolute atomic E-state index is 5.64. The molecule has 3 nitrogen and oxygen atoms in total. The molecule has 3 rings (SSSR count). The minimum absolute atomic E-state index is 0.498. The van der Waals surface area contributed by atoms with Gasteiger partial charge in [-0.25, -0.2) is 4.98 Å². The van der Waals surface area contributed by atoms with Gasteiger partial charge in [0.15, 0.2) is 0 Å². The zero-order valence-electron chi connectivity index (χ0n) is 9.04. The zero-order valence-corrected chi connectivity index (χ0v) is 9.85. The first kappa shape index (κ1) is 10.2. The van der Waals surface area contributed by atoms with Crippen LogP contribution in [0.1, 0.15) is 5.01 Å². The van der Waals surface area contributed by atoms with Gasteiger partial charge in [0.1, 0.15) is 17.4 Å². The standard InChI is InChI=1S/C13H10N2OS/c1-2-4-12-10(3-1)7-11(8-15-12)16-9-13-14-5-6-17-13/h1-8H,9H2. The van der Waals surface area contributed by atoms with Crippen molar-refractivity contribution in [2.24, 2.45) is 0 Å². The van der Waals surface area contributed by atoms with Crippen LogP contribution in [0.15, 0.2) is 48.1 Å². The van der Waals surface area contributed by atoms with Gasteiger partial charge in [-0.05, 0) is 12.1 Å². The number of para-hydroxylation sites is 1. The predicted octanol–water partition coefficient (Wildman–Crippen LogP) is 3.27. The Hall–Kier alpha value is -1.94. The molecule has 1 aromatic carbocycles. The van der Waals surface area contributed by atoms with Crippen LogP contribution in [-0.4, -0.2) is 9.97 Å². The van der Waals surface area contributed by atoms with Crippen LogP contribution in [0, 0.1) is 0 Å². The first-order valence-corrected chi connectivity index (χ1v) is 6.16. The normalized spacial score (nSPS) is 10.6. The van der Waals surface area contributed by atoms with E-state index < -0.39 is 0 Å². The number of rotatable bonds is 3. The van der Waals surface area contributed by atoms with E-state index in [2.05, 4.69) is 9.97 Å². The number of thiazole rings is 1. The van der Waals surface area contributed by atoms with Gasteiger partial charge in [0.05, 0.1) is 11.7 Å². The Morgan fingerprint density at radius 3 is 3.00 bits per heavy atom. The maximum atomic E-state index is 5.64. The van der Waals surface area contributed by atoms with Crippen LogP contribution in [-0.2, 0) is 6.61 Å². The number of hydrogen-bond donors (Lipinski definition) is 0. The number of benzene rings is 1. The number of fused-ring (bicyclic) bond motifs is 1. The molecule has 0 amide bonds. The number of ether oxygens (including phenoxy) is 1. The Bertz CT molecular complexity index is 622. The second-order valence-electron chi connectivity index (χ2n) is 3.58. The van der Waals surface area contributed by atoms with Crippen LogP contribution in [0.25, 0.3) is 10.9 Å². The van der Waals surface area contributed by atoms with Crippen molar-refractivity contribution in [3.63, 3.8) is 0 Å². The third-order valence-corrected chi connectivity index (χ3v) is 3.16. The zero-order chi connectivity index (χ0) is 11.5. The average Bonchev–Trinajstić information content (AvgIpc) is 2.89. The molecule has 0 aliphatic carbocycles. The largest absolute Gasteiger partial charge is 0.485 e. The van der Waals surface area contributed by atoms with Gasteiger partial charge < -0.3 is 4.74 Å². The van der Waals surface area contributed by atoms with Crippen molar-refractivity contribution in [1.82, 2.24) is 9.97 Å². The Kier molecular flexibility index (Phi) is 2.71. The first-order chi connectivity index (χ1) is 8.42. The SMILES string of the molecule is c1ccc2ncc(OCc3nccs3)cc2c1. The van der Waals surface area contributed by atoms with Crippen molar-refractivity contribution >= 4 is 22.2 Å². The lowest BCUT2D eigenvalue weighted by molar-refractivity contribution is 0.305. The highest BCUT2D eigenvalue weighted by Gasteiger charge is 2.00. The van der Waals surface area contributed by atoms with E-state index in [4.69, 9.17) is 4.74 Å². The summed E-state index contributed by atoms with van der Waals surface area (Å²) >= 11 is 1.59. The lowest BCUT2D eigenvalue weighted by atomic mass is 10.2. The molecule has 0 spiro atoms. The van der Waals surface area contributed by atoms with Gasteiger partial charge in [-0.15, -0.1) is 11.3 Å². The minimum atomic E-state index is 0.498. The van der Waals surface area contributed by atoms with Crippen LogP contribution in [0.4, 0.5) is 0 Å². The molecule has 0 radical (unpaired) electrons. The fourth-order valence-electron chi connectivity index (χ4n) is 1.60. The van der Waals surface area contributed by atoms with Crippen molar-refractivity contribution in [3.05, 3.63) is 53.1 Å². The lowest BCUT2D eigenvalue weighted by Crippen LogP contribution is -1.95. The summed E-state index contributed by atoms with van der Waals surface area (Å²) in [6.45, 7) is 0.498. The Morgan fingerprint density at radius 2 is 2.12 bits per heavy atom. The molecule has 84 valence electrons. The molecule has 0 bridgehead atoms. The van der Waals surface area contributed by atoms with Crippen molar-refractivity contribution in [3.8, 4) is 5.75 Å². The van der Waals surface area contributed by atoms with E-state index in [1.54, 1.807) is 23.7 Å². The molecule has 0 saturated carbocycles. The van der Waals surface area contributed by atoms with Crippen molar-refractivity contribution < 1.29 is 4.74 Å². The highest BCUT2D eigenvalue weighted by molar-refractivity contribution is 7.09. The van der Waals surface area contributed by atoms with E-state index >= 15 is 0 Å². The Balaban J connectivity index is 1.81. The van der Waals surface area contributed by atoms with Gasteiger partial charge in [-0.3, -0.25) is 4.98 Å². The fraction of sp³-hybridized carbons (Fsp3) is 0.0769. The molecule has 0 unspecified atom stereocenters. The molecule has 0 aliphatic rings. The highest BCUT2D eigenvalue weighted by Crippen LogP contribution is 2.19. The van der Waals surface area contributed by atoms with Crippen molar-refractivity contribution in [1.29, 1.82) is 0 Å². The summed E-state index contributed by atoms with van der Waals surface area (Å²) in [5.41, 5.74) is 0.981. The average molecular weight is 242 g/mol. The number of hydrogen-bond acceptors (Lipinski definition) is 4. The summed E-state index contributed by atoms with van der Waals surface area (Å²) in [5.74, 6) is 0.777. The molecular weight excluding hydrogens is 232 g/mol. The Morgan fingerprint density at radius 1 is 1.18 bits per heavy atom. The molecule has 0 fully saturated rings. The Labute approximate surface area is 103 Å². The molecule has 2 heterocycles. The molecule has 0 N–H and O–H groups in total. The van der Waals surface area contributed by atoms with Crippen LogP contribution in [0.3, 0.4) is 0 Å². The molecule has 0 atom stereocenters. The minimum Gasteiger partial charge on any atom is -0.485 e. The van der Waals surface area contributed by atoms with E-state index in [9.17, 15) is 0 Å². The van der Waals surface area contributed by atoms with Crippen LogP contribution in [0.5, 0.6) is 5.75 Å². The topological polar surface area (TPSA) is 35.0 Å². The van der Waals surface area contributed by atoms with Crippen LogP contribution < -0.4 is 4.74 Å². The van der Waals surface area contributed by atoms with Gasteiger partial charge in [-0.1, -0.05) is 18.2 Å². The predicted molar refractivity (Wildman–Crippen MR) is 68.2 cm³/mol. The van der Waals surface area contributed by atoms with Crippen molar-refractivity contribution in [2.75, 3.05) is 0 Å². The molecular formula is C13H10N2OS. The highest BCUT2D eigenvalue weighted by atomic mass is 32.1. The van der Waals surface area contributed by atoms with Gasteiger partial charge >= 0.3 is 0 Å². The first-order valence-electron chi connectivity index (χ1n) is 5.28. The summed E-state index contributed by atoms with van der Waals surface area (Å²) in [5, 5.41) is 4.00. The summed E-state index contributed by atoms with van der Waals surface area (Å²) < 4.78 is 5.64. The van der Waals surface area contributed by atoms with E-state index in [-0.39, 0.29) is 0 Å². The summed E-state index contributed by atoms with van der Waals surface area (Å²) in [6, 6.07) is 9.98. The third-order valence-electron chi connectivity index (χ3n) is 2.41. The van der Waals surface area contributed by atoms with E-state index in [1.807, 2.05) is 35.7 Å². The van der Waals surface area contributed by atoms with E-state index in [0.29, 0.717) is 6.61 Å². The number of aromatic nitrogens is 2. The van der Waals surface area contributed by atoms with Gasteiger partial charge in [-0.2, -0.15) is 0 Å². The molecule has 2 aromatic heterocycles. The van der Waals surface area contributed by atoms with Crippen molar-refractivity contribution in [2.45, 2.75) is 6.61 Å². The second-order valence-corrected chi connectivity index (χ2v) is 4.56. The van der Waals surface area contributed by atoms with E-state index in [1.165, 1.54) is 0 Å². The molecule has 4 heteroatoms. The summed E-state index contributed by atoms with van der Waals surface area (Å²) in [7, 11) is 0. The number of nitrogens with zero attached hydrogens (tertiary/aromatic N) is 2. The lowest BCUT2D eigenvalue weighted by Gasteiger charge is -2.04. The van der Waals surface area contributed by atoms with Gasteiger partial charge in [0.25, 0.3) is 0 Å². The molecule has 0 saturated heterocycles. The summed E-state index contributed by atoms with van der Waals surface area (Å²) in [6.07, 6.45) is 3.53. The monoisotopic (exact) mass is 242 g/mol. The molecule has 17 heavy (non-hydrogen) atoms. The van der Waals surface area contributed by atoms with Gasteiger partial charge in [0, 0.05) is 17.0 Å². The van der Waals surface area contributed by atoms with Crippen LogP contribution >= 0.6 is 11.3 Å². The van der Waals surface area contributed by atoms with E-state index in [0.717, 1.165) is 21.7 Å². The summed E-state index contributed by atoms with van der Waals surface area (Å²) in [4.78, 5) is 8.51. The molecule has 3 aromatic rings. The fourth-order valence-corrected chi connectivity index (χ4v) is 2.13. The number of pyridine rings is 1.